The van der Waals surface area contributed by atoms with Crippen LogP contribution in [0.5, 0.6) is 0 Å². The van der Waals surface area contributed by atoms with E-state index in [1.54, 1.807) is 0 Å². The van der Waals surface area contributed by atoms with Crippen molar-refractivity contribution >= 4 is 75.8 Å². The van der Waals surface area contributed by atoms with E-state index in [0.29, 0.717) is 0 Å². The number of benzene rings is 10. The normalized spacial score (nSPS) is 11.9. The number of rotatable bonds is 3. The first kappa shape index (κ1) is 28.2. The third-order valence-electron chi connectivity index (χ3n) is 10.8. The first-order valence-corrected chi connectivity index (χ1v) is 17.6. The van der Waals surface area contributed by atoms with Gasteiger partial charge in [-0.2, -0.15) is 0 Å². The topological polar surface area (TPSA) is 13.1 Å². The van der Waals surface area contributed by atoms with Crippen LogP contribution in [-0.4, -0.2) is 0 Å². The molecule has 10 aromatic carbocycles. The SMILES string of the molecule is c1ccc(-c2cccc3cc4c(cc23)oc2cccc(-c3c5ccccc5c(-c5cccc6c5ccc5ccccc56)c5ccccc35)c24)cc1. The van der Waals surface area contributed by atoms with E-state index >= 15 is 0 Å². The van der Waals surface area contributed by atoms with Crippen molar-refractivity contribution in [3.8, 4) is 33.4 Å². The fourth-order valence-corrected chi connectivity index (χ4v) is 8.64. The van der Waals surface area contributed by atoms with E-state index in [1.807, 2.05) is 0 Å². The maximum atomic E-state index is 6.71. The van der Waals surface area contributed by atoms with Gasteiger partial charge in [0.25, 0.3) is 0 Å². The molecule has 236 valence electrons. The Morgan fingerprint density at radius 1 is 0.275 bits per heavy atom. The van der Waals surface area contributed by atoms with Gasteiger partial charge in [0, 0.05) is 10.8 Å². The maximum absolute atomic E-state index is 6.71. The quantitative estimate of drug-likeness (QED) is 0.138. The van der Waals surface area contributed by atoms with Crippen LogP contribution in [0.3, 0.4) is 0 Å². The van der Waals surface area contributed by atoms with Gasteiger partial charge in [-0.3, -0.25) is 0 Å². The Kier molecular flexibility index (Phi) is 6.02. The highest BCUT2D eigenvalue weighted by Gasteiger charge is 2.21. The fraction of sp³-hybridized carbons (Fsp3) is 0. The molecule has 0 saturated carbocycles. The average Bonchev–Trinajstić information content (AvgIpc) is 3.56. The summed E-state index contributed by atoms with van der Waals surface area (Å²) in [6.45, 7) is 0. The highest BCUT2D eigenvalue weighted by Crippen LogP contribution is 2.48. The summed E-state index contributed by atoms with van der Waals surface area (Å²) in [4.78, 5) is 0. The predicted octanol–water partition coefficient (Wildman–Crippen LogP) is 14.4. The van der Waals surface area contributed by atoms with Crippen molar-refractivity contribution in [2.24, 2.45) is 0 Å². The van der Waals surface area contributed by atoms with Gasteiger partial charge in [-0.15, -0.1) is 0 Å². The Morgan fingerprint density at radius 2 is 0.843 bits per heavy atom. The molecule has 51 heavy (non-hydrogen) atoms. The first-order chi connectivity index (χ1) is 25.3. The molecule has 0 bridgehead atoms. The second-order valence-corrected chi connectivity index (χ2v) is 13.6. The number of hydrogen-bond donors (Lipinski definition) is 0. The summed E-state index contributed by atoms with van der Waals surface area (Å²) in [6.07, 6.45) is 0. The van der Waals surface area contributed by atoms with Crippen LogP contribution in [0.4, 0.5) is 0 Å². The summed E-state index contributed by atoms with van der Waals surface area (Å²) in [5.41, 5.74) is 9.18. The summed E-state index contributed by atoms with van der Waals surface area (Å²) < 4.78 is 6.71. The van der Waals surface area contributed by atoms with Crippen LogP contribution in [0, 0.1) is 0 Å². The van der Waals surface area contributed by atoms with Gasteiger partial charge in [0.05, 0.1) is 0 Å². The van der Waals surface area contributed by atoms with Crippen molar-refractivity contribution in [2.45, 2.75) is 0 Å². The molecular formula is C50H30O. The van der Waals surface area contributed by atoms with Crippen molar-refractivity contribution in [1.82, 2.24) is 0 Å². The zero-order valence-electron chi connectivity index (χ0n) is 27.7. The molecule has 0 atom stereocenters. The smallest absolute Gasteiger partial charge is 0.136 e. The summed E-state index contributed by atoms with van der Waals surface area (Å²) in [5, 5.41) is 14.7. The number of furan rings is 1. The Bertz CT molecular complexity index is 3130. The van der Waals surface area contributed by atoms with Crippen LogP contribution in [0.25, 0.3) is 109 Å². The van der Waals surface area contributed by atoms with E-state index in [1.165, 1.54) is 87.2 Å². The molecule has 0 aliphatic heterocycles. The zero-order valence-corrected chi connectivity index (χ0v) is 27.7. The summed E-state index contributed by atoms with van der Waals surface area (Å²) in [5.74, 6) is 0. The fourth-order valence-electron chi connectivity index (χ4n) is 8.64. The molecule has 1 heterocycles. The minimum Gasteiger partial charge on any atom is -0.456 e. The van der Waals surface area contributed by atoms with Gasteiger partial charge in [0.1, 0.15) is 11.2 Å². The van der Waals surface area contributed by atoms with Gasteiger partial charge in [-0.05, 0) is 105 Å². The Hall–Kier alpha value is -6.70. The van der Waals surface area contributed by atoms with Gasteiger partial charge >= 0.3 is 0 Å². The molecule has 11 aromatic rings. The highest BCUT2D eigenvalue weighted by atomic mass is 16.3. The highest BCUT2D eigenvalue weighted by molar-refractivity contribution is 6.28. The van der Waals surface area contributed by atoms with Crippen molar-refractivity contribution in [3.05, 3.63) is 182 Å². The zero-order chi connectivity index (χ0) is 33.5. The largest absolute Gasteiger partial charge is 0.456 e. The molecule has 0 N–H and O–H groups in total. The third kappa shape index (κ3) is 4.16. The van der Waals surface area contributed by atoms with Crippen LogP contribution in [0.15, 0.2) is 186 Å². The minimum atomic E-state index is 0.900. The van der Waals surface area contributed by atoms with Gasteiger partial charge in [-0.25, -0.2) is 0 Å². The van der Waals surface area contributed by atoms with Crippen molar-refractivity contribution < 1.29 is 4.42 Å². The van der Waals surface area contributed by atoms with E-state index in [-0.39, 0.29) is 0 Å². The average molecular weight is 647 g/mol. The molecule has 1 nitrogen and oxygen atoms in total. The molecular weight excluding hydrogens is 617 g/mol. The lowest BCUT2D eigenvalue weighted by Crippen LogP contribution is -1.92. The summed E-state index contributed by atoms with van der Waals surface area (Å²) in [6, 6.07) is 66.2. The molecule has 1 aromatic heterocycles. The van der Waals surface area contributed by atoms with Crippen LogP contribution in [0.1, 0.15) is 0 Å². The van der Waals surface area contributed by atoms with Crippen LogP contribution in [0.2, 0.25) is 0 Å². The van der Waals surface area contributed by atoms with E-state index in [4.69, 9.17) is 4.42 Å². The molecule has 0 fully saturated rings. The van der Waals surface area contributed by atoms with E-state index in [0.717, 1.165) is 21.9 Å². The summed E-state index contributed by atoms with van der Waals surface area (Å²) >= 11 is 0. The molecule has 1 heteroatoms. The number of fused-ring (bicyclic) bond motifs is 9. The van der Waals surface area contributed by atoms with Crippen LogP contribution >= 0.6 is 0 Å². The molecule has 0 spiro atoms. The van der Waals surface area contributed by atoms with Crippen molar-refractivity contribution in [1.29, 1.82) is 0 Å². The number of hydrogen-bond acceptors (Lipinski definition) is 1. The van der Waals surface area contributed by atoms with Crippen molar-refractivity contribution in [3.63, 3.8) is 0 Å². The standard InChI is InChI=1S/C50H30O/c1-2-13-31(14-3-1)35-22-10-16-33-29-45-47(30-44(33)35)51-46-26-12-25-43(50(45)46)49-41-20-8-6-18-39(41)48(40-19-7-9-21-42(40)49)38-24-11-23-36-34-17-5-4-15-32(34)27-28-37(36)38/h1-30H. The molecule has 0 saturated heterocycles. The molecule has 11 rings (SSSR count). The van der Waals surface area contributed by atoms with E-state index in [9.17, 15) is 0 Å². The Balaban J connectivity index is 1.23. The third-order valence-corrected chi connectivity index (χ3v) is 10.8. The Morgan fingerprint density at radius 3 is 1.61 bits per heavy atom. The monoisotopic (exact) mass is 646 g/mol. The van der Waals surface area contributed by atoms with Crippen molar-refractivity contribution in [2.75, 3.05) is 0 Å². The molecule has 0 amide bonds. The lowest BCUT2D eigenvalue weighted by molar-refractivity contribution is 0.669. The van der Waals surface area contributed by atoms with E-state index in [2.05, 4.69) is 182 Å². The lowest BCUT2D eigenvalue weighted by atomic mass is 9.83. The Labute approximate surface area is 294 Å². The second-order valence-electron chi connectivity index (χ2n) is 13.6. The van der Waals surface area contributed by atoms with Crippen LogP contribution < -0.4 is 0 Å². The van der Waals surface area contributed by atoms with Gasteiger partial charge in [-0.1, -0.05) is 164 Å². The van der Waals surface area contributed by atoms with Gasteiger partial charge in [0.15, 0.2) is 0 Å². The second kappa shape index (κ2) is 10.9. The molecule has 0 aliphatic rings. The van der Waals surface area contributed by atoms with Gasteiger partial charge < -0.3 is 4.42 Å². The van der Waals surface area contributed by atoms with Gasteiger partial charge in [0.2, 0.25) is 0 Å². The van der Waals surface area contributed by atoms with E-state index < -0.39 is 0 Å². The lowest BCUT2D eigenvalue weighted by Gasteiger charge is -2.19. The first-order valence-electron chi connectivity index (χ1n) is 17.6. The maximum Gasteiger partial charge on any atom is 0.136 e. The molecule has 0 aliphatic carbocycles. The predicted molar refractivity (Wildman–Crippen MR) is 218 cm³/mol. The molecule has 0 radical (unpaired) electrons. The van der Waals surface area contributed by atoms with Crippen LogP contribution in [-0.2, 0) is 0 Å². The molecule has 0 unspecified atom stereocenters. The summed E-state index contributed by atoms with van der Waals surface area (Å²) in [7, 11) is 0. The minimum absolute atomic E-state index is 0.900.